The molecule has 0 aliphatic carbocycles. The molecule has 0 atom stereocenters. The summed E-state index contributed by atoms with van der Waals surface area (Å²) in [5.41, 5.74) is 0.927. The zero-order chi connectivity index (χ0) is 8.72. The van der Waals surface area contributed by atoms with Crippen LogP contribution in [0.2, 0.25) is 5.02 Å². The summed E-state index contributed by atoms with van der Waals surface area (Å²) >= 11 is 5.61. The first kappa shape index (κ1) is 7.55. The number of halogens is 2. The number of rotatable bonds is 0. The first-order chi connectivity index (χ1) is 5.68. The molecular weight excluding hydrogens is 181 g/mol. The van der Waals surface area contributed by atoms with Crippen LogP contribution in [0.1, 0.15) is 5.69 Å². The molecule has 0 saturated heterocycles. The second kappa shape index (κ2) is 2.45. The Hall–Kier alpha value is -1.09. The van der Waals surface area contributed by atoms with Crippen molar-refractivity contribution in [2.75, 3.05) is 0 Å². The van der Waals surface area contributed by atoms with Gasteiger partial charge in [0.15, 0.2) is 5.58 Å². The largest absolute Gasteiger partial charge is 0.356 e. The van der Waals surface area contributed by atoms with Gasteiger partial charge >= 0.3 is 0 Å². The predicted molar refractivity (Wildman–Crippen MR) is 43.7 cm³/mol. The number of hydrogen-bond acceptors (Lipinski definition) is 2. The molecule has 0 unspecified atom stereocenters. The molecule has 0 spiro atoms. The highest BCUT2D eigenvalue weighted by Crippen LogP contribution is 2.24. The Bertz CT molecular complexity index is 438. The standard InChI is InChI=1S/C8H5ClFNO/c1-4-8-6(10)2-5(9)3-7(8)12-11-4/h2-3H,1H3. The highest BCUT2D eigenvalue weighted by molar-refractivity contribution is 6.31. The molecule has 0 aliphatic heterocycles. The van der Waals surface area contributed by atoms with Gasteiger partial charge in [0.25, 0.3) is 0 Å². The summed E-state index contributed by atoms with van der Waals surface area (Å²) in [6.07, 6.45) is 0. The minimum absolute atomic E-state index is 0.316. The quantitative estimate of drug-likeness (QED) is 0.631. The number of fused-ring (bicyclic) bond motifs is 1. The zero-order valence-electron chi connectivity index (χ0n) is 6.27. The van der Waals surface area contributed by atoms with Crippen molar-refractivity contribution < 1.29 is 8.91 Å². The van der Waals surface area contributed by atoms with E-state index < -0.39 is 5.82 Å². The third-order valence-corrected chi connectivity index (χ3v) is 1.88. The average Bonchev–Trinajstić information content (AvgIpc) is 2.31. The van der Waals surface area contributed by atoms with E-state index in [0.717, 1.165) is 0 Å². The van der Waals surface area contributed by atoms with Crippen LogP contribution < -0.4 is 0 Å². The van der Waals surface area contributed by atoms with Gasteiger partial charge in [-0.25, -0.2) is 4.39 Å². The van der Waals surface area contributed by atoms with Crippen LogP contribution in [0.3, 0.4) is 0 Å². The van der Waals surface area contributed by atoms with Crippen LogP contribution in [0.5, 0.6) is 0 Å². The van der Waals surface area contributed by atoms with E-state index in [4.69, 9.17) is 16.1 Å². The molecule has 0 radical (unpaired) electrons. The Morgan fingerprint density at radius 1 is 1.50 bits per heavy atom. The Kier molecular flexibility index (Phi) is 1.54. The van der Waals surface area contributed by atoms with E-state index in [1.165, 1.54) is 6.07 Å². The molecule has 4 heteroatoms. The van der Waals surface area contributed by atoms with Gasteiger partial charge in [0.05, 0.1) is 11.1 Å². The number of aromatic nitrogens is 1. The van der Waals surface area contributed by atoms with Crippen LogP contribution in [0.15, 0.2) is 16.7 Å². The highest BCUT2D eigenvalue weighted by atomic mass is 35.5. The molecule has 0 aliphatic rings. The third-order valence-electron chi connectivity index (χ3n) is 1.66. The van der Waals surface area contributed by atoms with Gasteiger partial charge in [-0.15, -0.1) is 0 Å². The van der Waals surface area contributed by atoms with E-state index in [0.29, 0.717) is 21.7 Å². The maximum atomic E-state index is 13.2. The summed E-state index contributed by atoms with van der Waals surface area (Å²) in [4.78, 5) is 0. The van der Waals surface area contributed by atoms with Crippen LogP contribution in [0, 0.1) is 12.7 Å². The van der Waals surface area contributed by atoms with Crippen LogP contribution in [-0.2, 0) is 0 Å². The van der Waals surface area contributed by atoms with Crippen molar-refractivity contribution in [3.8, 4) is 0 Å². The maximum absolute atomic E-state index is 13.2. The van der Waals surface area contributed by atoms with Crippen LogP contribution in [0.4, 0.5) is 4.39 Å². The van der Waals surface area contributed by atoms with Gasteiger partial charge in [-0.3, -0.25) is 0 Å². The third kappa shape index (κ3) is 0.975. The van der Waals surface area contributed by atoms with Crippen LogP contribution in [0.25, 0.3) is 11.0 Å². The van der Waals surface area contributed by atoms with Crippen molar-refractivity contribution in [1.29, 1.82) is 0 Å². The lowest BCUT2D eigenvalue weighted by atomic mass is 10.2. The molecular formula is C8H5ClFNO. The fraction of sp³-hybridized carbons (Fsp3) is 0.125. The Morgan fingerprint density at radius 2 is 2.25 bits per heavy atom. The molecule has 0 saturated carbocycles. The van der Waals surface area contributed by atoms with E-state index in [2.05, 4.69) is 5.16 Å². The summed E-state index contributed by atoms with van der Waals surface area (Å²) in [5.74, 6) is -0.392. The van der Waals surface area contributed by atoms with E-state index in [-0.39, 0.29) is 0 Å². The Labute approximate surface area is 72.9 Å². The monoisotopic (exact) mass is 185 g/mol. The van der Waals surface area contributed by atoms with E-state index in [1.54, 1.807) is 13.0 Å². The lowest BCUT2D eigenvalue weighted by molar-refractivity contribution is 0.450. The molecule has 2 aromatic rings. The smallest absolute Gasteiger partial charge is 0.171 e. The number of benzene rings is 1. The molecule has 1 heterocycles. The summed E-state index contributed by atoms with van der Waals surface area (Å²) in [7, 11) is 0. The van der Waals surface area contributed by atoms with Gasteiger partial charge in [0.1, 0.15) is 5.82 Å². The normalized spacial score (nSPS) is 10.9. The fourth-order valence-corrected chi connectivity index (χ4v) is 1.33. The molecule has 1 aromatic heterocycles. The molecule has 2 nitrogen and oxygen atoms in total. The predicted octanol–water partition coefficient (Wildman–Crippen LogP) is 2.93. The highest BCUT2D eigenvalue weighted by Gasteiger charge is 2.10. The molecule has 0 N–H and O–H groups in total. The van der Waals surface area contributed by atoms with Crippen molar-refractivity contribution in [1.82, 2.24) is 5.16 Å². The van der Waals surface area contributed by atoms with E-state index in [1.807, 2.05) is 0 Å². The second-order valence-corrected chi connectivity index (χ2v) is 2.97. The first-order valence-electron chi connectivity index (χ1n) is 3.39. The number of nitrogens with zero attached hydrogens (tertiary/aromatic N) is 1. The van der Waals surface area contributed by atoms with Crippen molar-refractivity contribution in [2.24, 2.45) is 0 Å². The molecule has 0 fully saturated rings. The van der Waals surface area contributed by atoms with Gasteiger partial charge in [-0.1, -0.05) is 16.8 Å². The lowest BCUT2D eigenvalue weighted by Gasteiger charge is -1.91. The van der Waals surface area contributed by atoms with Gasteiger partial charge < -0.3 is 4.52 Å². The average molecular weight is 186 g/mol. The zero-order valence-corrected chi connectivity index (χ0v) is 7.02. The minimum Gasteiger partial charge on any atom is -0.356 e. The second-order valence-electron chi connectivity index (χ2n) is 2.53. The van der Waals surface area contributed by atoms with Crippen molar-refractivity contribution in [2.45, 2.75) is 6.92 Å². The van der Waals surface area contributed by atoms with Crippen LogP contribution in [-0.4, -0.2) is 5.16 Å². The van der Waals surface area contributed by atoms with Crippen molar-refractivity contribution in [3.05, 3.63) is 28.7 Å². The summed E-state index contributed by atoms with van der Waals surface area (Å²) in [6, 6.07) is 2.79. The molecule has 0 bridgehead atoms. The SMILES string of the molecule is Cc1noc2cc(Cl)cc(F)c12. The molecule has 0 amide bonds. The van der Waals surface area contributed by atoms with Crippen molar-refractivity contribution in [3.63, 3.8) is 0 Å². The molecule has 12 heavy (non-hydrogen) atoms. The van der Waals surface area contributed by atoms with Gasteiger partial charge in [-0.05, 0) is 13.0 Å². The first-order valence-corrected chi connectivity index (χ1v) is 3.77. The molecule has 62 valence electrons. The number of hydrogen-bond donors (Lipinski definition) is 0. The molecule has 2 rings (SSSR count). The van der Waals surface area contributed by atoms with E-state index >= 15 is 0 Å². The van der Waals surface area contributed by atoms with Crippen molar-refractivity contribution >= 4 is 22.6 Å². The topological polar surface area (TPSA) is 26.0 Å². The lowest BCUT2D eigenvalue weighted by Crippen LogP contribution is -1.78. The Balaban J connectivity index is 2.93. The minimum atomic E-state index is -0.392. The number of aryl methyl sites for hydroxylation is 1. The van der Waals surface area contributed by atoms with Gasteiger partial charge in [0.2, 0.25) is 0 Å². The summed E-state index contributed by atoms with van der Waals surface area (Å²) in [5, 5.41) is 4.34. The Morgan fingerprint density at radius 3 is 3.00 bits per heavy atom. The summed E-state index contributed by atoms with van der Waals surface area (Å²) < 4.78 is 18.0. The van der Waals surface area contributed by atoms with E-state index in [9.17, 15) is 4.39 Å². The fourth-order valence-electron chi connectivity index (χ4n) is 1.14. The summed E-state index contributed by atoms with van der Waals surface area (Å²) in [6.45, 7) is 1.68. The maximum Gasteiger partial charge on any atom is 0.171 e. The molecule has 1 aromatic carbocycles. The van der Waals surface area contributed by atoms with Crippen LogP contribution >= 0.6 is 11.6 Å². The van der Waals surface area contributed by atoms with Gasteiger partial charge in [0, 0.05) is 11.1 Å². The van der Waals surface area contributed by atoms with Gasteiger partial charge in [-0.2, -0.15) is 0 Å².